The number of hydrogen-bond donors (Lipinski definition) is 1. The van der Waals surface area contributed by atoms with E-state index in [-0.39, 0.29) is 11.8 Å². The molecule has 0 spiro atoms. The molecule has 3 heterocycles. The molecule has 0 unspecified atom stereocenters. The Morgan fingerprint density at radius 2 is 1.71 bits per heavy atom. The van der Waals surface area contributed by atoms with Crippen LogP contribution in [0.25, 0.3) is 0 Å². The van der Waals surface area contributed by atoms with E-state index in [2.05, 4.69) is 25.2 Å². The van der Waals surface area contributed by atoms with Crippen LogP contribution in [0.3, 0.4) is 0 Å². The van der Waals surface area contributed by atoms with Crippen molar-refractivity contribution in [1.82, 2.24) is 19.9 Å². The molecule has 1 aliphatic rings. The van der Waals surface area contributed by atoms with E-state index >= 15 is 0 Å². The molecule has 0 radical (unpaired) electrons. The Morgan fingerprint density at radius 3 is 2.32 bits per heavy atom. The Bertz CT molecular complexity index is 1030. The Balaban J connectivity index is 1.32. The summed E-state index contributed by atoms with van der Waals surface area (Å²) >= 11 is 0. The van der Waals surface area contributed by atoms with Crippen LogP contribution in [0.4, 0.5) is 11.5 Å². The Labute approximate surface area is 179 Å². The van der Waals surface area contributed by atoms with Crippen molar-refractivity contribution in [3.63, 3.8) is 0 Å². The largest absolute Gasteiger partial charge is 0.497 e. The highest BCUT2D eigenvalue weighted by atomic mass is 16.5. The molecule has 3 aromatic rings. The predicted octanol–water partition coefficient (Wildman–Crippen LogP) is 2.09. The summed E-state index contributed by atoms with van der Waals surface area (Å²) in [7, 11) is 1.58. The highest BCUT2D eigenvalue weighted by Crippen LogP contribution is 2.18. The normalized spacial score (nSPS) is 13.6. The standard InChI is InChI=1S/C22H22N6O3/c1-31-18-5-2-16(3-6-18)21(29)26-17-4-7-20(25-14-17)27-10-12-28(13-11-27)22(30)19-15-23-8-9-24-19/h2-9,14-15H,10-13H2,1H3,(H,26,29). The van der Waals surface area contributed by atoms with Crippen molar-refractivity contribution in [2.24, 2.45) is 0 Å². The number of hydrogen-bond acceptors (Lipinski definition) is 7. The maximum absolute atomic E-state index is 12.5. The lowest BCUT2D eigenvalue weighted by Crippen LogP contribution is -2.49. The van der Waals surface area contributed by atoms with Gasteiger partial charge in [0.15, 0.2) is 0 Å². The van der Waals surface area contributed by atoms with Gasteiger partial charge < -0.3 is 19.9 Å². The van der Waals surface area contributed by atoms with Gasteiger partial charge in [-0.15, -0.1) is 0 Å². The van der Waals surface area contributed by atoms with Crippen LogP contribution in [0.5, 0.6) is 5.75 Å². The Morgan fingerprint density at radius 1 is 0.935 bits per heavy atom. The predicted molar refractivity (Wildman–Crippen MR) is 115 cm³/mol. The first-order valence-corrected chi connectivity index (χ1v) is 9.86. The second-order valence-electron chi connectivity index (χ2n) is 6.96. The summed E-state index contributed by atoms with van der Waals surface area (Å²) in [4.78, 5) is 41.2. The third-order valence-corrected chi connectivity index (χ3v) is 5.03. The fourth-order valence-corrected chi connectivity index (χ4v) is 3.30. The molecule has 9 nitrogen and oxygen atoms in total. The number of carbonyl (C=O) groups is 2. The lowest BCUT2D eigenvalue weighted by atomic mass is 10.2. The molecule has 2 amide bonds. The number of amides is 2. The summed E-state index contributed by atoms with van der Waals surface area (Å²) in [6, 6.07) is 10.6. The molecule has 1 fully saturated rings. The molecule has 0 saturated carbocycles. The van der Waals surface area contributed by atoms with Gasteiger partial charge in [-0.1, -0.05) is 0 Å². The fraction of sp³-hybridized carbons (Fsp3) is 0.227. The van der Waals surface area contributed by atoms with Crippen LogP contribution >= 0.6 is 0 Å². The molecule has 0 bridgehead atoms. The molecule has 31 heavy (non-hydrogen) atoms. The number of benzene rings is 1. The molecule has 0 atom stereocenters. The van der Waals surface area contributed by atoms with Crippen molar-refractivity contribution < 1.29 is 14.3 Å². The maximum atomic E-state index is 12.5. The van der Waals surface area contributed by atoms with Gasteiger partial charge in [-0.25, -0.2) is 9.97 Å². The van der Waals surface area contributed by atoms with E-state index in [1.54, 1.807) is 48.7 Å². The van der Waals surface area contributed by atoms with Gasteiger partial charge in [0.1, 0.15) is 17.3 Å². The van der Waals surface area contributed by atoms with Crippen molar-refractivity contribution in [2.75, 3.05) is 43.5 Å². The highest BCUT2D eigenvalue weighted by molar-refractivity contribution is 6.04. The van der Waals surface area contributed by atoms with Gasteiger partial charge >= 0.3 is 0 Å². The zero-order chi connectivity index (χ0) is 21.6. The third kappa shape index (κ3) is 4.77. The van der Waals surface area contributed by atoms with E-state index in [4.69, 9.17) is 4.74 Å². The second-order valence-corrected chi connectivity index (χ2v) is 6.96. The maximum Gasteiger partial charge on any atom is 0.274 e. The first kappa shape index (κ1) is 20.3. The van der Waals surface area contributed by atoms with Crippen molar-refractivity contribution in [3.8, 4) is 5.75 Å². The zero-order valence-corrected chi connectivity index (χ0v) is 17.1. The molecule has 4 rings (SSSR count). The first-order chi connectivity index (χ1) is 15.1. The van der Waals surface area contributed by atoms with E-state index in [0.29, 0.717) is 48.9 Å². The highest BCUT2D eigenvalue weighted by Gasteiger charge is 2.23. The molecular weight excluding hydrogens is 396 g/mol. The van der Waals surface area contributed by atoms with E-state index in [1.165, 1.54) is 12.4 Å². The average molecular weight is 418 g/mol. The summed E-state index contributed by atoms with van der Waals surface area (Å²) < 4.78 is 5.11. The van der Waals surface area contributed by atoms with Crippen LogP contribution < -0.4 is 15.0 Å². The lowest BCUT2D eigenvalue weighted by molar-refractivity contribution is 0.0740. The van der Waals surface area contributed by atoms with Gasteiger partial charge in [-0.05, 0) is 36.4 Å². The molecule has 1 saturated heterocycles. The molecule has 2 aromatic heterocycles. The minimum atomic E-state index is -0.214. The number of nitrogens with zero attached hydrogens (tertiary/aromatic N) is 5. The van der Waals surface area contributed by atoms with Gasteiger partial charge in [-0.3, -0.25) is 14.6 Å². The third-order valence-electron chi connectivity index (χ3n) is 5.03. The number of pyridine rings is 1. The van der Waals surface area contributed by atoms with Gasteiger partial charge in [-0.2, -0.15) is 0 Å². The van der Waals surface area contributed by atoms with Crippen molar-refractivity contribution in [3.05, 3.63) is 72.4 Å². The van der Waals surface area contributed by atoms with E-state index in [0.717, 1.165) is 5.82 Å². The summed E-state index contributed by atoms with van der Waals surface area (Å²) in [6.07, 6.45) is 6.18. The van der Waals surface area contributed by atoms with Crippen molar-refractivity contribution in [1.29, 1.82) is 0 Å². The second kappa shape index (κ2) is 9.21. The van der Waals surface area contributed by atoms with Crippen LogP contribution in [-0.2, 0) is 0 Å². The number of ether oxygens (including phenoxy) is 1. The zero-order valence-electron chi connectivity index (χ0n) is 17.1. The minimum Gasteiger partial charge on any atom is -0.497 e. The van der Waals surface area contributed by atoms with E-state index < -0.39 is 0 Å². The van der Waals surface area contributed by atoms with Gasteiger partial charge in [0.2, 0.25) is 0 Å². The monoisotopic (exact) mass is 418 g/mol. The van der Waals surface area contributed by atoms with Gasteiger partial charge in [0, 0.05) is 44.1 Å². The van der Waals surface area contributed by atoms with Crippen molar-refractivity contribution in [2.45, 2.75) is 0 Å². The number of nitrogens with one attached hydrogen (secondary N) is 1. The average Bonchev–Trinajstić information content (AvgIpc) is 2.85. The molecular formula is C22H22N6O3. The molecule has 1 N–H and O–H groups in total. The molecule has 158 valence electrons. The first-order valence-electron chi connectivity index (χ1n) is 9.86. The summed E-state index contributed by atoms with van der Waals surface area (Å²) in [5.41, 5.74) is 1.50. The fourth-order valence-electron chi connectivity index (χ4n) is 3.30. The van der Waals surface area contributed by atoms with Crippen molar-refractivity contribution >= 4 is 23.3 Å². The van der Waals surface area contributed by atoms with Crippen LogP contribution in [0.1, 0.15) is 20.8 Å². The molecule has 1 aliphatic heterocycles. The molecule has 9 heteroatoms. The number of methoxy groups -OCH3 is 1. The summed E-state index contributed by atoms with van der Waals surface area (Å²) in [5, 5.41) is 2.84. The topological polar surface area (TPSA) is 101 Å². The summed E-state index contributed by atoms with van der Waals surface area (Å²) in [6.45, 7) is 2.48. The molecule has 1 aromatic carbocycles. The van der Waals surface area contributed by atoms with Gasteiger partial charge in [0.25, 0.3) is 11.8 Å². The smallest absolute Gasteiger partial charge is 0.274 e. The number of anilines is 2. The number of piperazine rings is 1. The number of rotatable bonds is 5. The van der Waals surface area contributed by atoms with Crippen LogP contribution in [0.2, 0.25) is 0 Å². The van der Waals surface area contributed by atoms with Crippen LogP contribution in [-0.4, -0.2) is 65.0 Å². The lowest BCUT2D eigenvalue weighted by Gasteiger charge is -2.35. The minimum absolute atomic E-state index is 0.114. The quantitative estimate of drug-likeness (QED) is 0.677. The number of aromatic nitrogens is 3. The van der Waals surface area contributed by atoms with E-state index in [1.807, 2.05) is 12.1 Å². The van der Waals surface area contributed by atoms with E-state index in [9.17, 15) is 9.59 Å². The van der Waals surface area contributed by atoms with Crippen LogP contribution in [0.15, 0.2) is 61.2 Å². The summed E-state index contributed by atoms with van der Waals surface area (Å²) in [5.74, 6) is 1.17. The Kier molecular flexibility index (Phi) is 6.02. The van der Waals surface area contributed by atoms with Crippen LogP contribution in [0, 0.1) is 0 Å². The molecule has 0 aliphatic carbocycles. The van der Waals surface area contributed by atoms with Gasteiger partial charge in [0.05, 0.1) is 25.2 Å². The number of carbonyl (C=O) groups excluding carboxylic acids is 2. The Hall–Kier alpha value is -4.01. The SMILES string of the molecule is COc1ccc(C(=O)Nc2ccc(N3CCN(C(=O)c4cnccn4)CC3)nc2)cc1.